The first-order valence-corrected chi connectivity index (χ1v) is 9.10. The van der Waals surface area contributed by atoms with E-state index in [-0.39, 0.29) is 5.82 Å². The monoisotopic (exact) mass is 312 g/mol. The zero-order valence-electron chi connectivity index (χ0n) is 13.2. The quantitative estimate of drug-likeness (QED) is 0.605. The van der Waals surface area contributed by atoms with Gasteiger partial charge in [-0.3, -0.25) is 0 Å². The number of allylic oxidation sites excluding steroid dienone is 4. The predicted octanol–water partition coefficient (Wildman–Crippen LogP) is 5.64. The Balaban J connectivity index is 1.94. The fraction of sp³-hybridized carbons (Fsp3) is 0.400. The van der Waals surface area contributed by atoms with Crippen LogP contribution in [0.1, 0.15) is 43.4 Å². The van der Waals surface area contributed by atoms with Crippen molar-refractivity contribution in [3.05, 3.63) is 58.4 Å². The number of halogens is 1. The van der Waals surface area contributed by atoms with Gasteiger partial charge in [0, 0.05) is 5.25 Å². The molecule has 0 aromatic heterocycles. The topological polar surface area (TPSA) is 0 Å². The highest BCUT2D eigenvalue weighted by Crippen LogP contribution is 2.51. The van der Waals surface area contributed by atoms with Crippen molar-refractivity contribution in [3.8, 4) is 0 Å². The SMILES string of the molecule is C=C(C)C1C=C2c3cc(F)cc4c3C(=C(C)C4)CC2SCC1. The molecule has 114 valence electrons. The Labute approximate surface area is 136 Å². The van der Waals surface area contributed by atoms with Crippen molar-refractivity contribution in [1.82, 2.24) is 0 Å². The number of hydrogen-bond acceptors (Lipinski definition) is 1. The summed E-state index contributed by atoms with van der Waals surface area (Å²) in [7, 11) is 0. The third-order valence-electron chi connectivity index (χ3n) is 5.27. The molecular weight excluding hydrogens is 291 g/mol. The van der Waals surface area contributed by atoms with Gasteiger partial charge in [0.2, 0.25) is 0 Å². The largest absolute Gasteiger partial charge is 0.207 e. The standard InChI is InChI=1S/C20H21FS/c1-11(2)13-4-5-22-19-10-16-12(3)6-14-7-15(21)9-18(20(14)16)17(19)8-13/h7-9,13,19H,1,4-6,10H2,2-3H3. The van der Waals surface area contributed by atoms with Crippen molar-refractivity contribution in [2.24, 2.45) is 5.92 Å². The van der Waals surface area contributed by atoms with Gasteiger partial charge in [-0.2, -0.15) is 11.8 Å². The first kappa shape index (κ1) is 14.3. The maximum atomic E-state index is 14.1. The van der Waals surface area contributed by atoms with E-state index in [0.717, 1.165) is 30.6 Å². The minimum Gasteiger partial charge on any atom is -0.207 e. The van der Waals surface area contributed by atoms with Gasteiger partial charge in [-0.05, 0) is 84.7 Å². The fourth-order valence-corrected chi connectivity index (χ4v) is 5.45. The minimum atomic E-state index is -0.0922. The van der Waals surface area contributed by atoms with Gasteiger partial charge in [0.25, 0.3) is 0 Å². The molecule has 0 spiro atoms. The molecule has 4 rings (SSSR count). The number of hydrogen-bond donors (Lipinski definition) is 0. The minimum absolute atomic E-state index is 0.0922. The highest BCUT2D eigenvalue weighted by Gasteiger charge is 2.35. The molecule has 0 nitrogen and oxygen atoms in total. The second-order valence-electron chi connectivity index (χ2n) is 6.85. The Morgan fingerprint density at radius 1 is 1.36 bits per heavy atom. The third-order valence-corrected chi connectivity index (χ3v) is 6.56. The van der Waals surface area contributed by atoms with Gasteiger partial charge >= 0.3 is 0 Å². The molecule has 0 amide bonds. The first-order valence-electron chi connectivity index (χ1n) is 8.05. The van der Waals surface area contributed by atoms with Gasteiger partial charge in [-0.25, -0.2) is 4.39 Å². The van der Waals surface area contributed by atoms with Crippen LogP contribution in [0.3, 0.4) is 0 Å². The van der Waals surface area contributed by atoms with E-state index >= 15 is 0 Å². The summed E-state index contributed by atoms with van der Waals surface area (Å²) in [5, 5.41) is 0.481. The van der Waals surface area contributed by atoms with Crippen molar-refractivity contribution in [2.45, 2.75) is 38.4 Å². The van der Waals surface area contributed by atoms with Crippen LogP contribution in [0.2, 0.25) is 0 Å². The molecular formula is C20H21FS. The lowest BCUT2D eigenvalue weighted by Crippen LogP contribution is -2.15. The number of thioether (sulfide) groups is 1. The van der Waals surface area contributed by atoms with Crippen LogP contribution in [0, 0.1) is 11.7 Å². The van der Waals surface area contributed by atoms with Crippen LogP contribution >= 0.6 is 11.8 Å². The Morgan fingerprint density at radius 3 is 2.95 bits per heavy atom. The molecule has 0 fully saturated rings. The van der Waals surface area contributed by atoms with Gasteiger partial charge in [-0.15, -0.1) is 0 Å². The predicted molar refractivity (Wildman–Crippen MR) is 94.5 cm³/mol. The fourth-order valence-electron chi connectivity index (χ4n) is 4.11. The van der Waals surface area contributed by atoms with E-state index in [4.69, 9.17) is 0 Å². The van der Waals surface area contributed by atoms with Gasteiger partial charge < -0.3 is 0 Å². The van der Waals surface area contributed by atoms with Crippen LogP contribution in [0.15, 0.2) is 35.9 Å². The summed E-state index contributed by atoms with van der Waals surface area (Å²) >= 11 is 2.04. The lowest BCUT2D eigenvalue weighted by atomic mass is 9.81. The molecule has 0 saturated heterocycles. The highest BCUT2D eigenvalue weighted by atomic mass is 32.2. The zero-order valence-corrected chi connectivity index (χ0v) is 14.0. The van der Waals surface area contributed by atoms with Crippen molar-refractivity contribution >= 4 is 22.9 Å². The lowest BCUT2D eigenvalue weighted by Gasteiger charge is -2.29. The summed E-state index contributed by atoms with van der Waals surface area (Å²) in [5.41, 5.74) is 9.16. The Kier molecular flexibility index (Phi) is 3.34. The molecule has 2 unspecified atom stereocenters. The molecule has 2 heteroatoms. The smallest absolute Gasteiger partial charge is 0.124 e. The third kappa shape index (κ3) is 2.11. The molecule has 1 aromatic rings. The van der Waals surface area contributed by atoms with Crippen molar-refractivity contribution in [3.63, 3.8) is 0 Å². The Bertz CT molecular complexity index is 738. The maximum absolute atomic E-state index is 14.1. The van der Waals surface area contributed by atoms with E-state index in [1.54, 1.807) is 12.1 Å². The molecule has 0 radical (unpaired) electrons. The van der Waals surface area contributed by atoms with Crippen LogP contribution in [0.4, 0.5) is 4.39 Å². The summed E-state index contributed by atoms with van der Waals surface area (Å²) in [5.74, 6) is 1.50. The zero-order chi connectivity index (χ0) is 15.4. The van der Waals surface area contributed by atoms with E-state index in [0.29, 0.717) is 11.2 Å². The van der Waals surface area contributed by atoms with Gasteiger partial charge in [-0.1, -0.05) is 23.8 Å². The molecule has 1 aliphatic heterocycles. The van der Waals surface area contributed by atoms with E-state index in [1.165, 1.54) is 33.4 Å². The first-order chi connectivity index (χ1) is 10.5. The normalized spacial score (nSPS) is 26.2. The Morgan fingerprint density at radius 2 is 2.18 bits per heavy atom. The molecule has 22 heavy (non-hydrogen) atoms. The van der Waals surface area contributed by atoms with Crippen LogP contribution in [-0.2, 0) is 6.42 Å². The number of benzene rings is 1. The van der Waals surface area contributed by atoms with Crippen molar-refractivity contribution in [2.75, 3.05) is 5.75 Å². The van der Waals surface area contributed by atoms with Crippen LogP contribution < -0.4 is 0 Å². The Hall–Kier alpha value is -1.28. The average molecular weight is 312 g/mol. The summed E-state index contributed by atoms with van der Waals surface area (Å²) in [6.45, 7) is 8.48. The second-order valence-corrected chi connectivity index (χ2v) is 8.16. The van der Waals surface area contributed by atoms with Crippen LogP contribution in [0.5, 0.6) is 0 Å². The van der Waals surface area contributed by atoms with E-state index in [1.807, 2.05) is 11.8 Å². The summed E-state index contributed by atoms with van der Waals surface area (Å²) in [6.07, 6.45) is 5.56. The van der Waals surface area contributed by atoms with E-state index in [2.05, 4.69) is 26.5 Å². The van der Waals surface area contributed by atoms with E-state index < -0.39 is 0 Å². The molecule has 2 atom stereocenters. The lowest BCUT2D eigenvalue weighted by molar-refractivity contribution is 0.625. The van der Waals surface area contributed by atoms with Crippen LogP contribution in [-0.4, -0.2) is 11.0 Å². The molecule has 1 aromatic carbocycles. The molecule has 2 aliphatic carbocycles. The van der Waals surface area contributed by atoms with Gasteiger partial charge in [0.1, 0.15) is 5.82 Å². The maximum Gasteiger partial charge on any atom is 0.124 e. The van der Waals surface area contributed by atoms with E-state index in [9.17, 15) is 4.39 Å². The number of fused-ring (bicyclic) bond motifs is 2. The van der Waals surface area contributed by atoms with Gasteiger partial charge in [0.05, 0.1) is 0 Å². The average Bonchev–Trinajstić information content (AvgIpc) is 2.66. The second kappa shape index (κ2) is 5.13. The highest BCUT2D eigenvalue weighted by molar-refractivity contribution is 8.00. The summed E-state index contributed by atoms with van der Waals surface area (Å²) in [4.78, 5) is 0. The molecule has 1 heterocycles. The molecule has 3 aliphatic rings. The molecule has 0 N–H and O–H groups in total. The van der Waals surface area contributed by atoms with Gasteiger partial charge in [0.15, 0.2) is 0 Å². The summed E-state index contributed by atoms with van der Waals surface area (Å²) < 4.78 is 14.1. The summed E-state index contributed by atoms with van der Waals surface area (Å²) in [6, 6.07) is 3.49. The molecule has 0 saturated carbocycles. The number of rotatable bonds is 1. The van der Waals surface area contributed by atoms with Crippen LogP contribution in [0.25, 0.3) is 11.1 Å². The van der Waals surface area contributed by atoms with Crippen molar-refractivity contribution in [1.29, 1.82) is 0 Å². The van der Waals surface area contributed by atoms with Crippen molar-refractivity contribution < 1.29 is 4.39 Å². The molecule has 0 bridgehead atoms.